The molecule has 0 N–H and O–H groups in total. The lowest BCUT2D eigenvalue weighted by Crippen LogP contribution is -2.20. The first-order valence-electron chi connectivity index (χ1n) is 20.9. The molecule has 10 aromatic carbocycles. The SMILES string of the molecule is CC1(C)c2ccc3ccccc3c2-c2cccc(N(c3ccc(-c4cccc5cccc(-c6ccccc6)c45)cc3)c3cccc(-c4cccc(-c5ccccc5)c4)c3)c21. The molecule has 0 atom stereocenters. The van der Waals surface area contributed by atoms with E-state index in [-0.39, 0.29) is 5.41 Å². The van der Waals surface area contributed by atoms with Crippen LogP contribution >= 0.6 is 0 Å². The molecule has 0 saturated carbocycles. The minimum Gasteiger partial charge on any atom is -0.310 e. The van der Waals surface area contributed by atoms with Gasteiger partial charge in [0.25, 0.3) is 0 Å². The fourth-order valence-corrected chi connectivity index (χ4v) is 9.80. The van der Waals surface area contributed by atoms with Gasteiger partial charge in [-0.05, 0) is 125 Å². The second kappa shape index (κ2) is 14.4. The van der Waals surface area contributed by atoms with Crippen molar-refractivity contribution < 1.29 is 0 Å². The largest absolute Gasteiger partial charge is 0.310 e. The molecular formula is C59H43N. The summed E-state index contributed by atoms with van der Waals surface area (Å²) in [5, 5.41) is 5.09. The summed E-state index contributed by atoms with van der Waals surface area (Å²) >= 11 is 0. The Bertz CT molecular complexity index is 3210. The maximum Gasteiger partial charge on any atom is 0.0508 e. The summed E-state index contributed by atoms with van der Waals surface area (Å²) in [6.45, 7) is 4.79. The van der Waals surface area contributed by atoms with Gasteiger partial charge in [0.05, 0.1) is 5.69 Å². The molecule has 60 heavy (non-hydrogen) atoms. The molecule has 1 nitrogen and oxygen atoms in total. The van der Waals surface area contributed by atoms with Crippen molar-refractivity contribution in [3.63, 3.8) is 0 Å². The van der Waals surface area contributed by atoms with Gasteiger partial charge >= 0.3 is 0 Å². The van der Waals surface area contributed by atoms with Crippen molar-refractivity contribution in [1.82, 2.24) is 0 Å². The molecule has 284 valence electrons. The number of benzene rings is 10. The summed E-state index contributed by atoms with van der Waals surface area (Å²) < 4.78 is 0. The van der Waals surface area contributed by atoms with Gasteiger partial charge in [-0.1, -0.05) is 202 Å². The number of hydrogen-bond acceptors (Lipinski definition) is 1. The topological polar surface area (TPSA) is 3.24 Å². The standard InChI is InChI=1S/C59H43N/c1-59(2)54-37-34-42-20-9-10-27-52(42)57(54)53-30-15-31-55(58(53)59)60(49-26-12-25-47(39-49)46-24-11-23-45(38-46)40-16-5-3-6-17-40)48-35-32-43(33-36-48)51-29-14-22-44-21-13-28-50(56(44)51)41-18-7-4-8-19-41/h3-39H,1-2H3. The summed E-state index contributed by atoms with van der Waals surface area (Å²) in [5.74, 6) is 0. The summed E-state index contributed by atoms with van der Waals surface area (Å²) in [4.78, 5) is 2.49. The summed E-state index contributed by atoms with van der Waals surface area (Å²) in [6.07, 6.45) is 0. The van der Waals surface area contributed by atoms with Crippen LogP contribution in [0.25, 0.3) is 77.2 Å². The first-order chi connectivity index (χ1) is 29.5. The summed E-state index contributed by atoms with van der Waals surface area (Å²) in [6, 6.07) is 82.3. The molecule has 0 heterocycles. The van der Waals surface area contributed by atoms with Crippen molar-refractivity contribution in [3.8, 4) is 55.6 Å². The van der Waals surface area contributed by atoms with E-state index < -0.39 is 0 Å². The first-order valence-corrected chi connectivity index (χ1v) is 20.9. The Hall–Kier alpha value is -7.48. The zero-order valence-corrected chi connectivity index (χ0v) is 33.8. The highest BCUT2D eigenvalue weighted by atomic mass is 15.1. The third-order valence-electron chi connectivity index (χ3n) is 12.6. The predicted molar refractivity (Wildman–Crippen MR) is 255 cm³/mol. The minimum atomic E-state index is -0.234. The average Bonchev–Trinajstić information content (AvgIpc) is 3.56. The Morgan fingerprint density at radius 1 is 0.350 bits per heavy atom. The van der Waals surface area contributed by atoms with E-state index in [1.165, 1.54) is 94.0 Å². The third-order valence-corrected chi connectivity index (χ3v) is 12.6. The normalized spacial score (nSPS) is 12.6. The van der Waals surface area contributed by atoms with E-state index in [1.807, 2.05) is 0 Å². The predicted octanol–water partition coefficient (Wildman–Crippen LogP) is 16.4. The molecule has 10 aromatic rings. The highest BCUT2D eigenvalue weighted by molar-refractivity contribution is 6.07. The first kappa shape index (κ1) is 35.7. The molecule has 11 rings (SSSR count). The Kier molecular flexibility index (Phi) is 8.57. The summed E-state index contributed by atoms with van der Waals surface area (Å²) in [5.41, 5.74) is 18.3. The van der Waals surface area contributed by atoms with E-state index in [4.69, 9.17) is 0 Å². The molecule has 1 aliphatic rings. The van der Waals surface area contributed by atoms with Crippen LogP contribution in [0.1, 0.15) is 25.0 Å². The van der Waals surface area contributed by atoms with Gasteiger partial charge in [-0.2, -0.15) is 0 Å². The van der Waals surface area contributed by atoms with Crippen molar-refractivity contribution in [2.45, 2.75) is 19.3 Å². The van der Waals surface area contributed by atoms with Crippen LogP contribution in [0.3, 0.4) is 0 Å². The molecule has 0 aliphatic heterocycles. The molecule has 1 heteroatoms. The highest BCUT2D eigenvalue weighted by Crippen LogP contribution is 2.56. The zero-order valence-electron chi connectivity index (χ0n) is 33.8. The number of nitrogens with zero attached hydrogens (tertiary/aromatic N) is 1. The van der Waals surface area contributed by atoms with Crippen molar-refractivity contribution >= 4 is 38.6 Å². The van der Waals surface area contributed by atoms with E-state index in [2.05, 4.69) is 243 Å². The average molecular weight is 766 g/mol. The van der Waals surface area contributed by atoms with Gasteiger partial charge in [0.15, 0.2) is 0 Å². The quantitative estimate of drug-likeness (QED) is 0.156. The lowest BCUT2D eigenvalue weighted by Gasteiger charge is -2.32. The van der Waals surface area contributed by atoms with Gasteiger partial charge in [-0.25, -0.2) is 0 Å². The van der Waals surface area contributed by atoms with E-state index >= 15 is 0 Å². The van der Waals surface area contributed by atoms with Crippen molar-refractivity contribution in [2.75, 3.05) is 4.90 Å². The molecule has 0 amide bonds. The molecule has 0 bridgehead atoms. The third kappa shape index (κ3) is 5.93. The number of rotatable bonds is 7. The van der Waals surface area contributed by atoms with Crippen LogP contribution in [-0.4, -0.2) is 0 Å². The van der Waals surface area contributed by atoms with Crippen molar-refractivity contribution in [2.24, 2.45) is 0 Å². The van der Waals surface area contributed by atoms with Crippen molar-refractivity contribution in [1.29, 1.82) is 0 Å². The fourth-order valence-electron chi connectivity index (χ4n) is 9.80. The monoisotopic (exact) mass is 765 g/mol. The maximum absolute atomic E-state index is 2.49. The summed E-state index contributed by atoms with van der Waals surface area (Å²) in [7, 11) is 0. The molecule has 0 saturated heterocycles. The lowest BCUT2D eigenvalue weighted by molar-refractivity contribution is 0.661. The Labute approximate surface area is 352 Å². The smallest absolute Gasteiger partial charge is 0.0508 e. The number of anilines is 3. The van der Waals surface area contributed by atoms with Crippen LogP contribution in [0.4, 0.5) is 17.1 Å². The van der Waals surface area contributed by atoms with Gasteiger partial charge in [0.1, 0.15) is 0 Å². The van der Waals surface area contributed by atoms with E-state index in [0.717, 1.165) is 11.4 Å². The van der Waals surface area contributed by atoms with Gasteiger partial charge in [-0.3, -0.25) is 0 Å². The molecular weight excluding hydrogens is 723 g/mol. The number of hydrogen-bond donors (Lipinski definition) is 0. The molecule has 0 aromatic heterocycles. The Balaban J connectivity index is 1.09. The minimum absolute atomic E-state index is 0.234. The van der Waals surface area contributed by atoms with E-state index in [9.17, 15) is 0 Å². The van der Waals surface area contributed by atoms with Gasteiger partial charge in [0, 0.05) is 16.8 Å². The van der Waals surface area contributed by atoms with Crippen LogP contribution in [0.2, 0.25) is 0 Å². The Morgan fingerprint density at radius 2 is 0.883 bits per heavy atom. The maximum atomic E-state index is 2.49. The van der Waals surface area contributed by atoms with Gasteiger partial charge in [-0.15, -0.1) is 0 Å². The fraction of sp³-hybridized carbons (Fsp3) is 0.0508. The van der Waals surface area contributed by atoms with E-state index in [1.54, 1.807) is 0 Å². The number of fused-ring (bicyclic) bond motifs is 6. The molecule has 0 radical (unpaired) electrons. The Morgan fingerprint density at radius 3 is 1.62 bits per heavy atom. The van der Waals surface area contributed by atoms with Crippen LogP contribution in [0, 0.1) is 0 Å². The molecule has 1 aliphatic carbocycles. The van der Waals surface area contributed by atoms with E-state index in [0.29, 0.717) is 0 Å². The molecule has 0 fully saturated rings. The second-order valence-corrected chi connectivity index (χ2v) is 16.5. The molecule has 0 unspecified atom stereocenters. The van der Waals surface area contributed by atoms with Crippen molar-refractivity contribution in [3.05, 3.63) is 236 Å². The molecule has 0 spiro atoms. The highest BCUT2D eigenvalue weighted by Gasteiger charge is 2.39. The van der Waals surface area contributed by atoms with Crippen LogP contribution in [0.15, 0.2) is 224 Å². The lowest BCUT2D eigenvalue weighted by atomic mass is 9.81. The van der Waals surface area contributed by atoms with Gasteiger partial charge < -0.3 is 4.90 Å². The zero-order chi connectivity index (χ0) is 40.2. The van der Waals surface area contributed by atoms with Crippen LogP contribution < -0.4 is 4.90 Å². The van der Waals surface area contributed by atoms with Gasteiger partial charge in [0.2, 0.25) is 0 Å². The van der Waals surface area contributed by atoms with Crippen LogP contribution in [0.5, 0.6) is 0 Å². The second-order valence-electron chi connectivity index (χ2n) is 16.5. The van der Waals surface area contributed by atoms with Crippen LogP contribution in [-0.2, 0) is 5.41 Å².